The van der Waals surface area contributed by atoms with Gasteiger partial charge in [0.05, 0.1) is 12.5 Å². The number of nitrogens with one attached hydrogen (secondary N) is 2. The number of thiophene rings is 1. The van der Waals surface area contributed by atoms with E-state index in [0.29, 0.717) is 12.1 Å². The molecule has 170 valence electrons. The van der Waals surface area contributed by atoms with Crippen molar-refractivity contribution in [3.05, 3.63) is 93.7 Å². The summed E-state index contributed by atoms with van der Waals surface area (Å²) >= 11 is 1.74. The highest BCUT2D eigenvalue weighted by atomic mass is 32.1. The van der Waals surface area contributed by atoms with Gasteiger partial charge in [0.1, 0.15) is 0 Å². The van der Waals surface area contributed by atoms with Gasteiger partial charge in [0.2, 0.25) is 11.8 Å². The van der Waals surface area contributed by atoms with E-state index in [9.17, 15) is 14.4 Å². The zero-order valence-corrected chi connectivity index (χ0v) is 19.1. The van der Waals surface area contributed by atoms with Gasteiger partial charge in [-0.05, 0) is 41.1 Å². The average Bonchev–Trinajstić information content (AvgIpc) is 3.32. The Morgan fingerprint density at radius 1 is 0.970 bits per heavy atom. The fourth-order valence-corrected chi connectivity index (χ4v) is 4.84. The minimum Gasteiger partial charge on any atom is -0.356 e. The van der Waals surface area contributed by atoms with Gasteiger partial charge in [-0.25, -0.2) is 0 Å². The minimum atomic E-state index is -0.464. The number of rotatable bonds is 8. The largest absolute Gasteiger partial charge is 0.356 e. The van der Waals surface area contributed by atoms with Gasteiger partial charge in [-0.2, -0.15) is 0 Å². The van der Waals surface area contributed by atoms with Crippen molar-refractivity contribution < 1.29 is 14.4 Å². The standard InChI is InChI=1S/C26H27N3O3S/c30-24(27-14-11-25(31)29-15-12-23-21(18-29)13-16-33-23)17-22(19-7-3-1-4-8-19)28-26(32)20-9-5-2-6-10-20/h1-10,13,16,22H,11-12,14-15,17-18H2,(H,27,30)(H,28,32). The van der Waals surface area contributed by atoms with Crippen molar-refractivity contribution in [3.8, 4) is 0 Å². The van der Waals surface area contributed by atoms with Gasteiger partial charge in [0, 0.05) is 36.5 Å². The highest BCUT2D eigenvalue weighted by Gasteiger charge is 2.22. The van der Waals surface area contributed by atoms with Crippen molar-refractivity contribution in [2.45, 2.75) is 31.8 Å². The smallest absolute Gasteiger partial charge is 0.251 e. The van der Waals surface area contributed by atoms with E-state index in [0.717, 1.165) is 18.5 Å². The van der Waals surface area contributed by atoms with Gasteiger partial charge in [-0.3, -0.25) is 14.4 Å². The quantitative estimate of drug-likeness (QED) is 0.537. The summed E-state index contributed by atoms with van der Waals surface area (Å²) in [5.41, 5.74) is 2.62. The van der Waals surface area contributed by atoms with Gasteiger partial charge in [0.15, 0.2) is 0 Å². The molecule has 0 saturated carbocycles. The second-order valence-corrected chi connectivity index (χ2v) is 9.04. The van der Waals surface area contributed by atoms with Crippen LogP contribution in [0.25, 0.3) is 0 Å². The van der Waals surface area contributed by atoms with Crippen molar-refractivity contribution >= 4 is 29.1 Å². The summed E-state index contributed by atoms with van der Waals surface area (Å²) in [5, 5.41) is 7.88. The molecule has 3 amide bonds. The third-order valence-corrected chi connectivity index (χ3v) is 6.78. The lowest BCUT2D eigenvalue weighted by atomic mass is 10.0. The van der Waals surface area contributed by atoms with E-state index in [1.165, 1.54) is 10.4 Å². The maximum Gasteiger partial charge on any atom is 0.251 e. The molecule has 1 unspecified atom stereocenters. The van der Waals surface area contributed by atoms with Crippen LogP contribution in [0.1, 0.15) is 45.2 Å². The molecule has 33 heavy (non-hydrogen) atoms. The molecule has 0 aliphatic carbocycles. The predicted molar refractivity (Wildman–Crippen MR) is 129 cm³/mol. The molecular weight excluding hydrogens is 434 g/mol. The van der Waals surface area contributed by atoms with Gasteiger partial charge in [0.25, 0.3) is 5.91 Å². The van der Waals surface area contributed by atoms with Crippen molar-refractivity contribution in [1.29, 1.82) is 0 Å². The first kappa shape index (κ1) is 22.7. The van der Waals surface area contributed by atoms with Crippen LogP contribution in [0, 0.1) is 0 Å². The number of carbonyl (C=O) groups excluding carboxylic acids is 3. The fourth-order valence-electron chi connectivity index (χ4n) is 3.95. The Labute approximate surface area is 197 Å². The average molecular weight is 462 g/mol. The SMILES string of the molecule is O=C(CC(NC(=O)c1ccccc1)c1ccccc1)NCCC(=O)N1CCc2sccc2C1. The highest BCUT2D eigenvalue weighted by molar-refractivity contribution is 7.10. The van der Waals surface area contributed by atoms with Crippen molar-refractivity contribution in [1.82, 2.24) is 15.5 Å². The van der Waals surface area contributed by atoms with Crippen LogP contribution in [0.5, 0.6) is 0 Å². The maximum atomic E-state index is 12.7. The van der Waals surface area contributed by atoms with E-state index in [-0.39, 0.29) is 37.1 Å². The van der Waals surface area contributed by atoms with E-state index in [1.54, 1.807) is 35.6 Å². The molecule has 1 aromatic heterocycles. The van der Waals surface area contributed by atoms with Crippen LogP contribution in [-0.2, 0) is 22.6 Å². The molecule has 0 bridgehead atoms. The van der Waals surface area contributed by atoms with Crippen LogP contribution < -0.4 is 10.6 Å². The number of hydrogen-bond acceptors (Lipinski definition) is 4. The van der Waals surface area contributed by atoms with Crippen LogP contribution in [0.15, 0.2) is 72.1 Å². The Morgan fingerprint density at radius 3 is 2.45 bits per heavy atom. The Morgan fingerprint density at radius 2 is 1.70 bits per heavy atom. The molecule has 4 rings (SSSR count). The Kier molecular flexibility index (Phi) is 7.52. The summed E-state index contributed by atoms with van der Waals surface area (Å²) in [4.78, 5) is 41.1. The summed E-state index contributed by atoms with van der Waals surface area (Å²) in [6.07, 6.45) is 1.25. The minimum absolute atomic E-state index is 0.0455. The van der Waals surface area contributed by atoms with E-state index < -0.39 is 6.04 Å². The van der Waals surface area contributed by atoms with E-state index in [2.05, 4.69) is 22.1 Å². The second-order valence-electron chi connectivity index (χ2n) is 8.04. The molecule has 0 fully saturated rings. The van der Waals surface area contributed by atoms with Crippen LogP contribution in [0.3, 0.4) is 0 Å². The fraction of sp³-hybridized carbons (Fsp3) is 0.269. The molecule has 1 aliphatic rings. The Balaban J connectivity index is 1.29. The molecule has 0 spiro atoms. The van der Waals surface area contributed by atoms with Crippen molar-refractivity contribution in [3.63, 3.8) is 0 Å². The van der Waals surface area contributed by atoms with Gasteiger partial charge >= 0.3 is 0 Å². The number of hydrogen-bond donors (Lipinski definition) is 2. The van der Waals surface area contributed by atoms with E-state index >= 15 is 0 Å². The summed E-state index contributed by atoms with van der Waals surface area (Å²) in [6, 6.07) is 20.0. The Bertz CT molecular complexity index is 1100. The summed E-state index contributed by atoms with van der Waals surface area (Å²) in [5.74, 6) is -0.391. The van der Waals surface area contributed by atoms with Crippen molar-refractivity contribution in [2.75, 3.05) is 13.1 Å². The maximum absolute atomic E-state index is 12.7. The predicted octanol–water partition coefficient (Wildman–Crippen LogP) is 3.70. The summed E-state index contributed by atoms with van der Waals surface area (Å²) in [7, 11) is 0. The first-order valence-electron chi connectivity index (χ1n) is 11.1. The molecule has 7 heteroatoms. The Hall–Kier alpha value is -3.45. The number of carbonyl (C=O) groups is 3. The molecular formula is C26H27N3O3S. The lowest BCUT2D eigenvalue weighted by Crippen LogP contribution is -2.38. The lowest BCUT2D eigenvalue weighted by Gasteiger charge is -2.27. The molecule has 2 N–H and O–H groups in total. The molecule has 1 atom stereocenters. The number of fused-ring (bicyclic) bond motifs is 1. The van der Waals surface area contributed by atoms with E-state index in [1.807, 2.05) is 41.3 Å². The molecule has 1 aliphatic heterocycles. The van der Waals surface area contributed by atoms with Crippen LogP contribution in [0.2, 0.25) is 0 Å². The number of nitrogens with zero attached hydrogens (tertiary/aromatic N) is 1. The van der Waals surface area contributed by atoms with Crippen molar-refractivity contribution in [2.24, 2.45) is 0 Å². The van der Waals surface area contributed by atoms with Crippen LogP contribution in [-0.4, -0.2) is 35.7 Å². The second kappa shape index (κ2) is 10.9. The van der Waals surface area contributed by atoms with Crippen LogP contribution >= 0.6 is 11.3 Å². The normalized spacial score (nSPS) is 13.6. The van der Waals surface area contributed by atoms with Gasteiger partial charge in [-0.1, -0.05) is 48.5 Å². The number of benzene rings is 2. The molecule has 3 aromatic rings. The van der Waals surface area contributed by atoms with Gasteiger partial charge < -0.3 is 15.5 Å². The van der Waals surface area contributed by atoms with E-state index in [4.69, 9.17) is 0 Å². The third kappa shape index (κ3) is 6.08. The van der Waals surface area contributed by atoms with Gasteiger partial charge in [-0.15, -0.1) is 11.3 Å². The molecule has 0 saturated heterocycles. The van der Waals surface area contributed by atoms with Crippen LogP contribution in [0.4, 0.5) is 0 Å². The molecule has 2 aromatic carbocycles. The lowest BCUT2D eigenvalue weighted by molar-refractivity contribution is -0.132. The topological polar surface area (TPSA) is 78.5 Å². The molecule has 0 radical (unpaired) electrons. The monoisotopic (exact) mass is 461 g/mol. The summed E-state index contributed by atoms with van der Waals surface area (Å²) in [6.45, 7) is 1.65. The summed E-state index contributed by atoms with van der Waals surface area (Å²) < 4.78 is 0. The number of amides is 3. The molecule has 2 heterocycles. The highest BCUT2D eigenvalue weighted by Crippen LogP contribution is 2.24. The first-order chi connectivity index (χ1) is 16.1. The zero-order chi connectivity index (χ0) is 23.0. The third-order valence-electron chi connectivity index (χ3n) is 5.75. The first-order valence-corrected chi connectivity index (χ1v) is 12.0. The zero-order valence-electron chi connectivity index (χ0n) is 18.3. The molecule has 6 nitrogen and oxygen atoms in total.